The highest BCUT2D eigenvalue weighted by atomic mass is 16.5. The van der Waals surface area contributed by atoms with Gasteiger partial charge < -0.3 is 4.74 Å². The van der Waals surface area contributed by atoms with Crippen molar-refractivity contribution in [3.8, 4) is 5.75 Å². The van der Waals surface area contributed by atoms with E-state index in [0.717, 1.165) is 17.0 Å². The summed E-state index contributed by atoms with van der Waals surface area (Å²) >= 11 is 0. The van der Waals surface area contributed by atoms with Crippen LogP contribution in [-0.2, 0) is 6.61 Å². The van der Waals surface area contributed by atoms with E-state index < -0.39 is 0 Å². The zero-order valence-corrected chi connectivity index (χ0v) is 11.7. The second-order valence-electron chi connectivity index (χ2n) is 4.34. The molecule has 0 saturated heterocycles. The van der Waals surface area contributed by atoms with Crippen molar-refractivity contribution in [2.24, 2.45) is 5.84 Å². The van der Waals surface area contributed by atoms with Crippen LogP contribution in [0.3, 0.4) is 0 Å². The Morgan fingerprint density at radius 3 is 2.81 bits per heavy atom. The fourth-order valence-electron chi connectivity index (χ4n) is 1.81. The minimum absolute atomic E-state index is 0.332. The van der Waals surface area contributed by atoms with Gasteiger partial charge in [0.1, 0.15) is 12.4 Å². The van der Waals surface area contributed by atoms with E-state index in [9.17, 15) is 4.79 Å². The normalized spacial score (nSPS) is 10.6. The van der Waals surface area contributed by atoms with Gasteiger partial charge in [-0.2, -0.15) is 0 Å². The van der Waals surface area contributed by atoms with Gasteiger partial charge in [0.15, 0.2) is 0 Å². The Balaban J connectivity index is 2.05. The molecule has 108 valence electrons. The minimum Gasteiger partial charge on any atom is -0.487 e. The van der Waals surface area contributed by atoms with Crippen LogP contribution in [0.1, 0.15) is 28.5 Å². The summed E-state index contributed by atoms with van der Waals surface area (Å²) in [5.41, 5.74) is 4.22. The van der Waals surface area contributed by atoms with Crippen LogP contribution in [0.2, 0.25) is 0 Å². The van der Waals surface area contributed by atoms with Crippen molar-refractivity contribution in [3.05, 3.63) is 65.5 Å². The lowest BCUT2D eigenvalue weighted by atomic mass is 10.2. The number of pyridine rings is 1. The van der Waals surface area contributed by atoms with E-state index in [2.05, 4.69) is 10.4 Å². The first-order valence-electron chi connectivity index (χ1n) is 6.55. The van der Waals surface area contributed by atoms with Gasteiger partial charge in [-0.25, -0.2) is 5.84 Å². The molecule has 0 aliphatic carbocycles. The van der Waals surface area contributed by atoms with Crippen molar-refractivity contribution >= 4 is 12.0 Å². The molecule has 0 atom stereocenters. The molecule has 0 spiro atoms. The summed E-state index contributed by atoms with van der Waals surface area (Å²) in [6.45, 7) is 2.29. The number of carbonyl (C=O) groups is 1. The summed E-state index contributed by atoms with van der Waals surface area (Å²) in [7, 11) is 0. The maximum Gasteiger partial charge on any atom is 0.266 e. The molecule has 21 heavy (non-hydrogen) atoms. The second kappa shape index (κ2) is 7.21. The average Bonchev–Trinajstić information content (AvgIpc) is 2.54. The van der Waals surface area contributed by atoms with Gasteiger partial charge in [0, 0.05) is 11.8 Å². The van der Waals surface area contributed by atoms with Crippen LogP contribution in [0.25, 0.3) is 6.08 Å². The molecule has 0 bridgehead atoms. The molecule has 0 unspecified atom stereocenters. The SMILES string of the molecule is CC=Cc1ccccc1OCc1ccc(C(=O)NN)cn1. The number of ether oxygens (including phenoxy) is 1. The Bertz CT molecular complexity index is 636. The molecule has 2 rings (SSSR count). The number of benzene rings is 1. The average molecular weight is 283 g/mol. The fourth-order valence-corrected chi connectivity index (χ4v) is 1.81. The third kappa shape index (κ3) is 3.90. The molecule has 5 nitrogen and oxygen atoms in total. The van der Waals surface area contributed by atoms with Gasteiger partial charge in [-0.05, 0) is 25.1 Å². The number of para-hydroxylation sites is 1. The Hall–Kier alpha value is -2.66. The number of allylic oxidation sites excluding steroid dienone is 1. The molecule has 0 fully saturated rings. The molecule has 1 aromatic heterocycles. The number of carbonyl (C=O) groups excluding carboxylic acids is 1. The van der Waals surface area contributed by atoms with E-state index in [1.54, 1.807) is 12.1 Å². The first-order chi connectivity index (χ1) is 10.2. The molecule has 1 heterocycles. The highest BCUT2D eigenvalue weighted by molar-refractivity contribution is 5.93. The van der Waals surface area contributed by atoms with Gasteiger partial charge in [-0.1, -0.05) is 30.4 Å². The number of nitrogens with zero attached hydrogens (tertiary/aromatic N) is 1. The third-order valence-electron chi connectivity index (χ3n) is 2.86. The van der Waals surface area contributed by atoms with Gasteiger partial charge in [-0.3, -0.25) is 15.2 Å². The first kappa shape index (κ1) is 14.7. The van der Waals surface area contributed by atoms with Gasteiger partial charge >= 0.3 is 0 Å². The quantitative estimate of drug-likeness (QED) is 0.501. The molecule has 0 saturated carbocycles. The fraction of sp³-hybridized carbons (Fsp3) is 0.125. The number of nitrogens with one attached hydrogen (secondary N) is 1. The predicted octanol–water partition coefficient (Wildman–Crippen LogP) is 2.30. The third-order valence-corrected chi connectivity index (χ3v) is 2.86. The monoisotopic (exact) mass is 283 g/mol. The van der Waals surface area contributed by atoms with E-state index in [0.29, 0.717) is 12.2 Å². The molecular formula is C16H17N3O2. The first-order valence-corrected chi connectivity index (χ1v) is 6.55. The molecule has 1 amide bonds. The Kier molecular flexibility index (Phi) is 5.06. The standard InChI is InChI=1S/C16H17N3O2/c1-2-5-12-6-3-4-7-15(12)21-11-14-9-8-13(10-18-14)16(20)19-17/h2-10H,11,17H2,1H3,(H,19,20). The van der Waals surface area contributed by atoms with Crippen molar-refractivity contribution < 1.29 is 9.53 Å². The number of nitrogen functional groups attached to an aromatic ring is 1. The van der Waals surface area contributed by atoms with E-state index >= 15 is 0 Å². The second-order valence-corrected chi connectivity index (χ2v) is 4.34. The number of hydrogen-bond acceptors (Lipinski definition) is 4. The number of rotatable bonds is 5. The van der Waals surface area contributed by atoms with E-state index in [-0.39, 0.29) is 5.91 Å². The molecular weight excluding hydrogens is 266 g/mol. The Labute approximate surface area is 123 Å². The Morgan fingerprint density at radius 1 is 1.33 bits per heavy atom. The lowest BCUT2D eigenvalue weighted by molar-refractivity contribution is 0.0953. The number of amides is 1. The summed E-state index contributed by atoms with van der Waals surface area (Å²) < 4.78 is 5.76. The van der Waals surface area contributed by atoms with Gasteiger partial charge in [-0.15, -0.1) is 0 Å². The smallest absolute Gasteiger partial charge is 0.266 e. The zero-order chi connectivity index (χ0) is 15.1. The maximum absolute atomic E-state index is 11.3. The lowest BCUT2D eigenvalue weighted by Gasteiger charge is -2.09. The molecule has 1 aromatic carbocycles. The summed E-state index contributed by atoms with van der Waals surface area (Å²) in [6.07, 6.45) is 5.41. The largest absolute Gasteiger partial charge is 0.487 e. The van der Waals surface area contributed by atoms with Crippen molar-refractivity contribution in [1.29, 1.82) is 0 Å². The lowest BCUT2D eigenvalue weighted by Crippen LogP contribution is -2.30. The van der Waals surface area contributed by atoms with Gasteiger partial charge in [0.05, 0.1) is 11.3 Å². The van der Waals surface area contributed by atoms with Crippen LogP contribution in [0.15, 0.2) is 48.7 Å². The molecule has 0 radical (unpaired) electrons. The van der Waals surface area contributed by atoms with Crippen LogP contribution in [0, 0.1) is 0 Å². The van der Waals surface area contributed by atoms with Crippen molar-refractivity contribution in [2.45, 2.75) is 13.5 Å². The van der Waals surface area contributed by atoms with E-state index in [4.69, 9.17) is 10.6 Å². The Morgan fingerprint density at radius 2 is 2.14 bits per heavy atom. The van der Waals surface area contributed by atoms with Crippen LogP contribution >= 0.6 is 0 Å². The summed E-state index contributed by atoms with van der Waals surface area (Å²) in [5, 5.41) is 0. The minimum atomic E-state index is -0.367. The maximum atomic E-state index is 11.3. The van der Waals surface area contributed by atoms with Crippen molar-refractivity contribution in [3.63, 3.8) is 0 Å². The highest BCUT2D eigenvalue weighted by Crippen LogP contribution is 2.20. The molecule has 0 aliphatic rings. The molecule has 5 heteroatoms. The molecule has 3 N–H and O–H groups in total. The number of hydrazine groups is 1. The van der Waals surface area contributed by atoms with Crippen LogP contribution in [-0.4, -0.2) is 10.9 Å². The van der Waals surface area contributed by atoms with Crippen molar-refractivity contribution in [2.75, 3.05) is 0 Å². The number of hydrogen-bond donors (Lipinski definition) is 2. The van der Waals surface area contributed by atoms with Crippen LogP contribution in [0.4, 0.5) is 0 Å². The predicted molar refractivity (Wildman–Crippen MR) is 81.4 cm³/mol. The molecule has 0 aliphatic heterocycles. The van der Waals surface area contributed by atoms with E-state index in [1.165, 1.54) is 6.20 Å². The summed E-state index contributed by atoms with van der Waals surface area (Å²) in [4.78, 5) is 15.5. The topological polar surface area (TPSA) is 77.2 Å². The zero-order valence-electron chi connectivity index (χ0n) is 11.7. The van der Waals surface area contributed by atoms with Crippen LogP contribution < -0.4 is 16.0 Å². The van der Waals surface area contributed by atoms with Gasteiger partial charge in [0.2, 0.25) is 0 Å². The number of aromatic nitrogens is 1. The number of nitrogens with two attached hydrogens (primary N) is 1. The molecule has 2 aromatic rings. The van der Waals surface area contributed by atoms with Gasteiger partial charge in [0.25, 0.3) is 5.91 Å². The summed E-state index contributed by atoms with van der Waals surface area (Å²) in [5.74, 6) is 5.49. The van der Waals surface area contributed by atoms with E-state index in [1.807, 2.05) is 43.3 Å². The highest BCUT2D eigenvalue weighted by Gasteiger charge is 2.05. The summed E-state index contributed by atoms with van der Waals surface area (Å²) in [6, 6.07) is 11.2. The van der Waals surface area contributed by atoms with Crippen molar-refractivity contribution in [1.82, 2.24) is 10.4 Å². The van der Waals surface area contributed by atoms with Crippen LogP contribution in [0.5, 0.6) is 5.75 Å².